The fourth-order valence-electron chi connectivity index (χ4n) is 6.76. The second-order valence-corrected chi connectivity index (χ2v) is 16.4. The number of unbranched alkanes of at least 4 members (excludes halogenated alkanes) is 26. The number of hydrogen-bond donors (Lipinski definition) is 0. The molecular formula is C52H92O6. The van der Waals surface area contributed by atoms with Crippen molar-refractivity contribution >= 4 is 17.9 Å². The number of hydrogen-bond acceptors (Lipinski definition) is 6. The maximum atomic E-state index is 12.7. The van der Waals surface area contributed by atoms with Crippen molar-refractivity contribution in [2.75, 3.05) is 13.2 Å². The monoisotopic (exact) mass is 813 g/mol. The Bertz CT molecular complexity index is 1030. The Morgan fingerprint density at radius 1 is 0.345 bits per heavy atom. The molecule has 6 nitrogen and oxygen atoms in total. The average molecular weight is 813 g/mol. The predicted molar refractivity (Wildman–Crippen MR) is 247 cm³/mol. The standard InChI is InChI=1S/C52H92O6/c1-4-7-10-13-16-19-22-24-25-26-28-30-33-36-39-42-45-51(54)57-48-49(47-56-50(53)44-41-38-35-32-29-21-18-15-12-9-6-3)58-52(55)46-43-40-37-34-31-27-23-20-17-14-11-8-5-2/h15,18,25-28,30-31,49H,4-14,16-17,19-24,29,32-48H2,1-3H3/b18-15-,26-25-,30-28-,31-27-. The van der Waals surface area contributed by atoms with E-state index in [1.807, 2.05) is 0 Å². The molecule has 1 atom stereocenters. The van der Waals surface area contributed by atoms with E-state index < -0.39 is 6.10 Å². The molecular weight excluding hydrogens is 721 g/mol. The maximum absolute atomic E-state index is 12.7. The zero-order chi connectivity index (χ0) is 42.3. The van der Waals surface area contributed by atoms with Crippen molar-refractivity contribution in [2.24, 2.45) is 0 Å². The van der Waals surface area contributed by atoms with Crippen LogP contribution in [-0.2, 0) is 28.6 Å². The lowest BCUT2D eigenvalue weighted by molar-refractivity contribution is -0.167. The Morgan fingerprint density at radius 2 is 0.638 bits per heavy atom. The van der Waals surface area contributed by atoms with Gasteiger partial charge in [0.25, 0.3) is 0 Å². The molecule has 0 rings (SSSR count). The predicted octanol–water partition coefficient (Wildman–Crippen LogP) is 15.9. The van der Waals surface area contributed by atoms with Crippen molar-refractivity contribution in [2.45, 2.75) is 252 Å². The molecule has 0 aromatic carbocycles. The Morgan fingerprint density at radius 3 is 1.03 bits per heavy atom. The summed E-state index contributed by atoms with van der Waals surface area (Å²) in [6, 6.07) is 0. The van der Waals surface area contributed by atoms with Gasteiger partial charge in [0.05, 0.1) is 0 Å². The summed E-state index contributed by atoms with van der Waals surface area (Å²) < 4.78 is 16.7. The zero-order valence-electron chi connectivity index (χ0n) is 38.3. The summed E-state index contributed by atoms with van der Waals surface area (Å²) in [7, 11) is 0. The first-order chi connectivity index (χ1) is 28.5. The van der Waals surface area contributed by atoms with Crippen LogP contribution < -0.4 is 0 Å². The lowest BCUT2D eigenvalue weighted by Gasteiger charge is -2.18. The number of allylic oxidation sites excluding steroid dienone is 8. The van der Waals surface area contributed by atoms with Crippen LogP contribution in [0.5, 0.6) is 0 Å². The van der Waals surface area contributed by atoms with Gasteiger partial charge in [-0.15, -0.1) is 0 Å². The fourth-order valence-corrected chi connectivity index (χ4v) is 6.76. The minimum atomic E-state index is -0.792. The molecule has 0 saturated carbocycles. The van der Waals surface area contributed by atoms with Crippen molar-refractivity contribution in [3.8, 4) is 0 Å². The van der Waals surface area contributed by atoms with E-state index in [2.05, 4.69) is 69.4 Å². The van der Waals surface area contributed by atoms with Crippen molar-refractivity contribution in [3.05, 3.63) is 48.6 Å². The molecule has 0 bridgehead atoms. The highest BCUT2D eigenvalue weighted by Crippen LogP contribution is 2.13. The van der Waals surface area contributed by atoms with Crippen molar-refractivity contribution in [1.29, 1.82) is 0 Å². The molecule has 0 aliphatic heterocycles. The average Bonchev–Trinajstić information content (AvgIpc) is 3.22. The van der Waals surface area contributed by atoms with Gasteiger partial charge in [0.1, 0.15) is 13.2 Å². The number of rotatable bonds is 44. The van der Waals surface area contributed by atoms with Crippen LogP contribution >= 0.6 is 0 Å². The highest BCUT2D eigenvalue weighted by atomic mass is 16.6. The van der Waals surface area contributed by atoms with E-state index in [1.54, 1.807) is 0 Å². The first-order valence-electron chi connectivity index (χ1n) is 24.7. The smallest absolute Gasteiger partial charge is 0.306 e. The van der Waals surface area contributed by atoms with E-state index in [1.165, 1.54) is 116 Å². The van der Waals surface area contributed by atoms with Crippen LogP contribution in [0, 0.1) is 0 Å². The van der Waals surface area contributed by atoms with Gasteiger partial charge in [-0.2, -0.15) is 0 Å². The van der Waals surface area contributed by atoms with Crippen molar-refractivity contribution in [1.82, 2.24) is 0 Å². The van der Waals surface area contributed by atoms with E-state index in [0.717, 1.165) is 89.9 Å². The molecule has 6 heteroatoms. The highest BCUT2D eigenvalue weighted by Gasteiger charge is 2.19. The summed E-state index contributed by atoms with van der Waals surface area (Å²) in [4.78, 5) is 37.8. The third-order valence-electron chi connectivity index (χ3n) is 10.6. The summed E-state index contributed by atoms with van der Waals surface area (Å²) in [5, 5.41) is 0. The SMILES string of the molecule is CCCC/C=C\CCCCCCCC(=O)OCC(COC(=O)CCCCC/C=C\C=C/CCCCCCCCC)OC(=O)CCCCC/C=C\CCCCCCCC. The minimum Gasteiger partial charge on any atom is -0.462 e. The first kappa shape index (κ1) is 55.4. The van der Waals surface area contributed by atoms with Crippen molar-refractivity contribution in [3.63, 3.8) is 0 Å². The lowest BCUT2D eigenvalue weighted by atomic mass is 10.1. The quantitative estimate of drug-likeness (QED) is 0.0200. The number of carbonyl (C=O) groups is 3. The van der Waals surface area contributed by atoms with Crippen LogP contribution in [0.25, 0.3) is 0 Å². The highest BCUT2D eigenvalue weighted by molar-refractivity contribution is 5.71. The minimum absolute atomic E-state index is 0.0918. The lowest BCUT2D eigenvalue weighted by Crippen LogP contribution is -2.30. The second-order valence-electron chi connectivity index (χ2n) is 16.4. The maximum Gasteiger partial charge on any atom is 0.306 e. The first-order valence-corrected chi connectivity index (χ1v) is 24.7. The van der Waals surface area contributed by atoms with E-state index in [4.69, 9.17) is 14.2 Å². The summed E-state index contributed by atoms with van der Waals surface area (Å²) in [5.41, 5.74) is 0. The molecule has 0 aromatic heterocycles. The Balaban J connectivity index is 4.43. The Kier molecular flexibility index (Phi) is 44.9. The summed E-state index contributed by atoms with van der Waals surface area (Å²) in [5.74, 6) is -0.942. The molecule has 0 heterocycles. The van der Waals surface area contributed by atoms with Gasteiger partial charge in [-0.05, 0) is 89.9 Å². The van der Waals surface area contributed by atoms with E-state index in [-0.39, 0.29) is 31.1 Å². The summed E-state index contributed by atoms with van der Waals surface area (Å²) in [6.45, 7) is 6.54. The largest absolute Gasteiger partial charge is 0.462 e. The molecule has 58 heavy (non-hydrogen) atoms. The Labute approximate surface area is 358 Å². The van der Waals surface area contributed by atoms with Crippen LogP contribution in [0.15, 0.2) is 48.6 Å². The molecule has 0 aliphatic rings. The summed E-state index contributed by atoms with van der Waals surface area (Å²) >= 11 is 0. The van der Waals surface area contributed by atoms with E-state index in [0.29, 0.717) is 19.3 Å². The Hall–Kier alpha value is -2.63. The van der Waals surface area contributed by atoms with Gasteiger partial charge in [0, 0.05) is 19.3 Å². The van der Waals surface area contributed by atoms with Crippen LogP contribution in [0.4, 0.5) is 0 Å². The molecule has 0 spiro atoms. The van der Waals surface area contributed by atoms with Crippen LogP contribution in [0.2, 0.25) is 0 Å². The third-order valence-corrected chi connectivity index (χ3v) is 10.6. The summed E-state index contributed by atoms with van der Waals surface area (Å²) in [6.07, 6.45) is 55.2. The van der Waals surface area contributed by atoms with Crippen LogP contribution in [-0.4, -0.2) is 37.2 Å². The van der Waals surface area contributed by atoms with Gasteiger partial charge in [0.15, 0.2) is 6.10 Å². The fraction of sp³-hybridized carbons (Fsp3) is 0.788. The number of ether oxygens (including phenoxy) is 3. The third kappa shape index (κ3) is 44.5. The molecule has 0 aromatic rings. The molecule has 1 unspecified atom stereocenters. The van der Waals surface area contributed by atoms with E-state index >= 15 is 0 Å². The molecule has 0 fully saturated rings. The van der Waals surface area contributed by atoms with Crippen LogP contribution in [0.1, 0.15) is 245 Å². The topological polar surface area (TPSA) is 78.9 Å². The van der Waals surface area contributed by atoms with E-state index in [9.17, 15) is 14.4 Å². The molecule has 0 amide bonds. The molecule has 0 N–H and O–H groups in total. The molecule has 0 aliphatic carbocycles. The molecule has 336 valence electrons. The van der Waals surface area contributed by atoms with Gasteiger partial charge in [-0.25, -0.2) is 0 Å². The van der Waals surface area contributed by atoms with Gasteiger partial charge in [-0.1, -0.05) is 185 Å². The van der Waals surface area contributed by atoms with Crippen molar-refractivity contribution < 1.29 is 28.6 Å². The number of carbonyl (C=O) groups excluding carboxylic acids is 3. The molecule has 0 radical (unpaired) electrons. The van der Waals surface area contributed by atoms with Gasteiger partial charge in [0.2, 0.25) is 0 Å². The van der Waals surface area contributed by atoms with Gasteiger partial charge < -0.3 is 14.2 Å². The molecule has 0 saturated heterocycles. The van der Waals surface area contributed by atoms with Gasteiger partial charge in [-0.3, -0.25) is 14.4 Å². The second kappa shape index (κ2) is 47.1. The van der Waals surface area contributed by atoms with Gasteiger partial charge >= 0.3 is 17.9 Å². The zero-order valence-corrected chi connectivity index (χ0v) is 38.3. The number of esters is 3. The van der Waals surface area contributed by atoms with Crippen LogP contribution in [0.3, 0.4) is 0 Å². The normalized spacial score (nSPS) is 12.4.